The lowest BCUT2D eigenvalue weighted by molar-refractivity contribution is 0.562. The number of fused-ring (bicyclic) bond motifs is 1. The number of nitrogens with two attached hydrogens (primary N) is 1. The Kier molecular flexibility index (Phi) is 3.52. The summed E-state index contributed by atoms with van der Waals surface area (Å²) in [5, 5.41) is 1.14. The monoisotopic (exact) mass is 227 g/mol. The first-order chi connectivity index (χ1) is 8.24. The van der Waals surface area contributed by atoms with Crippen molar-refractivity contribution < 1.29 is 0 Å². The van der Waals surface area contributed by atoms with Gasteiger partial charge >= 0.3 is 0 Å². The Morgan fingerprint density at radius 2 is 2.24 bits per heavy atom. The Hall–Kier alpha value is -1.71. The van der Waals surface area contributed by atoms with Gasteiger partial charge in [-0.1, -0.05) is 18.2 Å². The molecule has 1 atom stereocenters. The van der Waals surface area contributed by atoms with Gasteiger partial charge in [0, 0.05) is 17.1 Å². The van der Waals surface area contributed by atoms with Crippen LogP contribution in [0.2, 0.25) is 0 Å². The molecule has 0 saturated carbocycles. The highest BCUT2D eigenvalue weighted by Gasteiger charge is 2.08. The second-order valence-electron chi connectivity index (χ2n) is 4.15. The molecule has 0 fully saturated rings. The van der Waals surface area contributed by atoms with Crippen molar-refractivity contribution in [2.75, 3.05) is 0 Å². The lowest BCUT2D eigenvalue weighted by Gasteiger charge is -2.14. The third-order valence-electron chi connectivity index (χ3n) is 2.86. The van der Waals surface area contributed by atoms with E-state index in [4.69, 9.17) is 5.84 Å². The average molecular weight is 227 g/mol. The largest absolute Gasteiger partial charge is 0.271 e. The van der Waals surface area contributed by atoms with Crippen molar-refractivity contribution in [3.63, 3.8) is 0 Å². The predicted octanol–water partition coefficient (Wildman–Crippen LogP) is 2.62. The van der Waals surface area contributed by atoms with E-state index >= 15 is 0 Å². The minimum atomic E-state index is 0.109. The molecule has 3 heteroatoms. The fourth-order valence-corrected chi connectivity index (χ4v) is 1.93. The van der Waals surface area contributed by atoms with Gasteiger partial charge in [0.05, 0.1) is 5.52 Å². The first-order valence-corrected chi connectivity index (χ1v) is 5.69. The second kappa shape index (κ2) is 5.08. The molecule has 1 aromatic carbocycles. The standard InChI is InChI=1S/C14H17N3/c1-3-4-14(17-15)12-7-8-13-11(9-12)6-5-10(2)16-13/h3,5-9,14,17H,1,4,15H2,2H3. The van der Waals surface area contributed by atoms with Crippen LogP contribution in [-0.2, 0) is 0 Å². The normalized spacial score (nSPS) is 12.6. The van der Waals surface area contributed by atoms with Crippen LogP contribution in [0.4, 0.5) is 0 Å². The van der Waals surface area contributed by atoms with Gasteiger partial charge in [-0.25, -0.2) is 0 Å². The quantitative estimate of drug-likeness (QED) is 0.479. The Balaban J connectivity index is 2.43. The molecule has 0 aliphatic rings. The number of aromatic nitrogens is 1. The first-order valence-electron chi connectivity index (χ1n) is 5.69. The SMILES string of the molecule is C=CCC(NN)c1ccc2nc(C)ccc2c1. The maximum absolute atomic E-state index is 5.55. The summed E-state index contributed by atoms with van der Waals surface area (Å²) in [5.74, 6) is 5.55. The van der Waals surface area contributed by atoms with Crippen LogP contribution in [0, 0.1) is 6.92 Å². The molecule has 3 nitrogen and oxygen atoms in total. The van der Waals surface area contributed by atoms with E-state index in [-0.39, 0.29) is 6.04 Å². The maximum atomic E-state index is 5.55. The summed E-state index contributed by atoms with van der Waals surface area (Å²) in [6.45, 7) is 5.74. The molecule has 0 saturated heterocycles. The van der Waals surface area contributed by atoms with Crippen molar-refractivity contribution in [3.05, 3.63) is 54.2 Å². The molecule has 88 valence electrons. The molecule has 0 radical (unpaired) electrons. The minimum Gasteiger partial charge on any atom is -0.271 e. The fourth-order valence-electron chi connectivity index (χ4n) is 1.93. The van der Waals surface area contributed by atoms with Gasteiger partial charge in [0.2, 0.25) is 0 Å². The summed E-state index contributed by atoms with van der Waals surface area (Å²) in [6, 6.07) is 10.4. The highest BCUT2D eigenvalue weighted by molar-refractivity contribution is 5.79. The number of benzene rings is 1. The van der Waals surface area contributed by atoms with Crippen molar-refractivity contribution in [2.24, 2.45) is 5.84 Å². The van der Waals surface area contributed by atoms with Crippen LogP contribution in [0.3, 0.4) is 0 Å². The zero-order chi connectivity index (χ0) is 12.3. The Bertz CT molecular complexity index is 534. The van der Waals surface area contributed by atoms with Gasteiger partial charge in [-0.2, -0.15) is 0 Å². The Labute approximate surface area is 101 Å². The van der Waals surface area contributed by atoms with Crippen LogP contribution in [0.5, 0.6) is 0 Å². The lowest BCUT2D eigenvalue weighted by Crippen LogP contribution is -2.27. The number of pyridine rings is 1. The Morgan fingerprint density at radius 1 is 1.41 bits per heavy atom. The summed E-state index contributed by atoms with van der Waals surface area (Å²) in [4.78, 5) is 4.48. The van der Waals surface area contributed by atoms with Crippen LogP contribution in [0.15, 0.2) is 43.0 Å². The first kappa shape index (κ1) is 11.8. The number of nitrogens with one attached hydrogen (secondary N) is 1. The summed E-state index contributed by atoms with van der Waals surface area (Å²) < 4.78 is 0. The third kappa shape index (κ3) is 2.52. The van der Waals surface area contributed by atoms with Crippen LogP contribution in [0.25, 0.3) is 10.9 Å². The van der Waals surface area contributed by atoms with E-state index in [1.807, 2.05) is 25.1 Å². The van der Waals surface area contributed by atoms with Crippen molar-refractivity contribution in [1.82, 2.24) is 10.4 Å². The zero-order valence-electron chi connectivity index (χ0n) is 9.98. The number of hydrazine groups is 1. The molecule has 2 aromatic rings. The van der Waals surface area contributed by atoms with Crippen molar-refractivity contribution in [3.8, 4) is 0 Å². The van der Waals surface area contributed by atoms with E-state index in [0.29, 0.717) is 0 Å². The fraction of sp³-hybridized carbons (Fsp3) is 0.214. The summed E-state index contributed by atoms with van der Waals surface area (Å²) in [7, 11) is 0. The van der Waals surface area contributed by atoms with Crippen molar-refractivity contribution in [2.45, 2.75) is 19.4 Å². The number of hydrogen-bond acceptors (Lipinski definition) is 3. The molecule has 1 aromatic heterocycles. The molecule has 3 N–H and O–H groups in total. The molecule has 0 amide bonds. The average Bonchev–Trinajstić information content (AvgIpc) is 2.35. The highest BCUT2D eigenvalue weighted by atomic mass is 15.2. The Morgan fingerprint density at radius 3 is 2.94 bits per heavy atom. The molecule has 1 unspecified atom stereocenters. The van der Waals surface area contributed by atoms with Crippen LogP contribution in [-0.4, -0.2) is 4.98 Å². The topological polar surface area (TPSA) is 50.9 Å². The number of aryl methyl sites for hydroxylation is 1. The minimum absolute atomic E-state index is 0.109. The number of nitrogens with zero attached hydrogens (tertiary/aromatic N) is 1. The third-order valence-corrected chi connectivity index (χ3v) is 2.86. The van der Waals surface area contributed by atoms with Crippen LogP contribution < -0.4 is 11.3 Å². The predicted molar refractivity (Wildman–Crippen MR) is 71.4 cm³/mol. The highest BCUT2D eigenvalue weighted by Crippen LogP contribution is 2.21. The van der Waals surface area contributed by atoms with Gasteiger partial charge < -0.3 is 0 Å². The van der Waals surface area contributed by atoms with Crippen molar-refractivity contribution in [1.29, 1.82) is 0 Å². The van der Waals surface area contributed by atoms with Gasteiger partial charge in [0.25, 0.3) is 0 Å². The summed E-state index contributed by atoms with van der Waals surface area (Å²) in [6.07, 6.45) is 2.67. The van der Waals surface area contributed by atoms with E-state index in [1.54, 1.807) is 0 Å². The molecule has 1 heterocycles. The van der Waals surface area contributed by atoms with E-state index < -0.39 is 0 Å². The number of rotatable bonds is 4. The molecule has 0 spiro atoms. The van der Waals surface area contributed by atoms with Gasteiger partial charge in [-0.15, -0.1) is 6.58 Å². The molecular formula is C14H17N3. The van der Waals surface area contributed by atoms with Gasteiger partial charge in [0.15, 0.2) is 0 Å². The van der Waals surface area contributed by atoms with Gasteiger partial charge in [0.1, 0.15) is 0 Å². The van der Waals surface area contributed by atoms with E-state index in [2.05, 4.69) is 35.2 Å². The van der Waals surface area contributed by atoms with E-state index in [1.165, 1.54) is 0 Å². The summed E-state index contributed by atoms with van der Waals surface area (Å²) in [5.41, 5.74) is 6.01. The molecule has 0 aliphatic heterocycles. The number of hydrogen-bond donors (Lipinski definition) is 2. The lowest BCUT2D eigenvalue weighted by atomic mass is 10.0. The maximum Gasteiger partial charge on any atom is 0.0705 e. The summed E-state index contributed by atoms with van der Waals surface area (Å²) >= 11 is 0. The molecule has 0 aliphatic carbocycles. The van der Waals surface area contributed by atoms with Gasteiger partial charge in [-0.3, -0.25) is 16.3 Å². The van der Waals surface area contributed by atoms with Gasteiger partial charge in [-0.05, 0) is 37.1 Å². The molecule has 17 heavy (non-hydrogen) atoms. The van der Waals surface area contributed by atoms with Crippen LogP contribution in [0.1, 0.15) is 23.7 Å². The molecular weight excluding hydrogens is 210 g/mol. The van der Waals surface area contributed by atoms with E-state index in [0.717, 1.165) is 28.6 Å². The molecule has 2 rings (SSSR count). The van der Waals surface area contributed by atoms with E-state index in [9.17, 15) is 0 Å². The second-order valence-corrected chi connectivity index (χ2v) is 4.15. The van der Waals surface area contributed by atoms with Crippen molar-refractivity contribution >= 4 is 10.9 Å². The van der Waals surface area contributed by atoms with Crippen LogP contribution >= 0.6 is 0 Å². The smallest absolute Gasteiger partial charge is 0.0705 e. The molecule has 0 bridgehead atoms. The zero-order valence-corrected chi connectivity index (χ0v) is 9.98.